The predicted molar refractivity (Wildman–Crippen MR) is 116 cm³/mol. The Morgan fingerprint density at radius 2 is 0.700 bits per heavy atom. The molecule has 1 N–H and O–H groups in total. The van der Waals surface area contributed by atoms with Crippen LogP contribution < -0.4 is 0 Å². The molecule has 4 nitrogen and oxygen atoms in total. The van der Waals surface area contributed by atoms with Crippen molar-refractivity contribution in [3.8, 4) is 0 Å². The summed E-state index contributed by atoms with van der Waals surface area (Å²) < 4.78 is 367. The maximum atomic E-state index is 14.2. The van der Waals surface area contributed by atoms with E-state index in [9.17, 15) is 122 Å². The summed E-state index contributed by atoms with van der Waals surface area (Å²) in [6.45, 7) is 1.20. The second-order valence-corrected chi connectivity index (χ2v) is 14.6. The molecule has 0 unspecified atom stereocenters. The molecule has 0 fully saturated rings. The van der Waals surface area contributed by atoms with E-state index in [1.807, 2.05) is 0 Å². The molecule has 0 radical (unpaired) electrons. The van der Waals surface area contributed by atoms with Gasteiger partial charge in [0.1, 0.15) is 0 Å². The summed E-state index contributed by atoms with van der Waals surface area (Å²) in [6.07, 6.45) is -8.23. The van der Waals surface area contributed by atoms with Gasteiger partial charge in [-0.2, -0.15) is 13.2 Å². The van der Waals surface area contributed by atoms with Crippen molar-refractivity contribution >= 4 is 30.8 Å². The summed E-state index contributed by atoms with van der Waals surface area (Å²) in [4.78, 5) is -1.43. The van der Waals surface area contributed by atoms with Gasteiger partial charge < -0.3 is 0 Å². The molecular weight excluding hydrogens is 926 g/mol. The van der Waals surface area contributed by atoms with Crippen molar-refractivity contribution in [3.63, 3.8) is 0 Å². The van der Waals surface area contributed by atoms with Gasteiger partial charge in [0.05, 0.1) is 0 Å². The molecule has 1 aromatic carbocycles. The van der Waals surface area contributed by atoms with Crippen molar-refractivity contribution < 1.29 is 124 Å². The van der Waals surface area contributed by atoms with Crippen LogP contribution >= 0.6 is 20.6 Å². The van der Waals surface area contributed by atoms with Crippen LogP contribution in [-0.2, 0) is 12.6 Å². The van der Waals surface area contributed by atoms with E-state index in [0.29, 0.717) is 12.1 Å². The van der Waals surface area contributed by atoms with E-state index in [0.717, 1.165) is 12.1 Å². The van der Waals surface area contributed by atoms with Gasteiger partial charge in [0, 0.05) is 0 Å². The number of hydrogen-bond acceptors (Lipinski definition) is 4. The zero-order chi connectivity index (χ0) is 40.8. The number of hydrogen-bond donors (Lipinski definition) is 1. The monoisotopic (exact) mass is 934 g/mol. The fraction of sp³-hybridized carbons (Fsp3) is 0.684. The van der Waals surface area contributed by atoms with Crippen LogP contribution in [0.25, 0.3) is 0 Å². The van der Waals surface area contributed by atoms with Gasteiger partial charge in [-0.25, -0.2) is 0 Å². The van der Waals surface area contributed by atoms with Gasteiger partial charge in [-0.05, 0) is 0 Å². The fourth-order valence-electron chi connectivity index (χ4n) is 2.89. The number of benzene rings is 1. The maximum absolute atomic E-state index is 14.2. The minimum atomic E-state index is -9.75. The Bertz CT molecular complexity index is 1500. The molecule has 0 aliphatic rings. The van der Waals surface area contributed by atoms with Crippen molar-refractivity contribution in [2.24, 2.45) is 0 Å². The van der Waals surface area contributed by atoms with Gasteiger partial charge in [-0.3, -0.25) is 0 Å². The Hall–Kier alpha value is -1.93. The molecule has 0 bridgehead atoms. The van der Waals surface area contributed by atoms with Crippen molar-refractivity contribution in [2.75, 3.05) is 0 Å². The first-order chi connectivity index (χ1) is 21.4. The summed E-state index contributed by atoms with van der Waals surface area (Å²) in [7, 11) is -6.07. The third kappa shape index (κ3) is 6.08. The van der Waals surface area contributed by atoms with Crippen molar-refractivity contribution in [3.05, 3.63) is 29.8 Å². The van der Waals surface area contributed by atoms with E-state index in [1.54, 1.807) is 0 Å². The van der Waals surface area contributed by atoms with Gasteiger partial charge in [-0.15, -0.1) is 0 Å². The normalized spacial score (nSPS) is 16.5. The second kappa shape index (κ2) is 12.3. The van der Waals surface area contributed by atoms with Crippen LogP contribution in [0, 0.1) is 6.92 Å². The molecule has 0 atom stereocenters. The summed E-state index contributed by atoms with van der Waals surface area (Å²) in [5.74, 6) is -93.6. The van der Waals surface area contributed by atoms with Gasteiger partial charge in [0.25, 0.3) is 0 Å². The van der Waals surface area contributed by atoms with Gasteiger partial charge >= 0.3 is 253 Å². The van der Waals surface area contributed by atoms with Crippen LogP contribution in [0.3, 0.4) is 0 Å². The summed E-state index contributed by atoms with van der Waals surface area (Å²) in [5.41, 5.74) is 0.125. The Kier molecular flexibility index (Phi) is 11.4. The van der Waals surface area contributed by atoms with Crippen molar-refractivity contribution in [2.45, 2.75) is 81.2 Å². The Morgan fingerprint density at radius 3 is 0.960 bits per heavy atom. The molecule has 0 heterocycles. The predicted octanol–water partition coefficient (Wildman–Crippen LogP) is 9.54. The molecule has 0 spiro atoms. The van der Waals surface area contributed by atoms with Crippen LogP contribution in [0.1, 0.15) is 5.56 Å². The molecule has 0 aliphatic carbocycles. The van der Waals surface area contributed by atoms with E-state index in [4.69, 9.17) is 0 Å². The zero-order valence-electron chi connectivity index (χ0n) is 22.2. The molecule has 296 valence electrons. The van der Waals surface area contributed by atoms with E-state index >= 15 is 0 Å². The van der Waals surface area contributed by atoms with Crippen molar-refractivity contribution in [1.82, 2.24) is 0 Å². The first-order valence-corrected chi connectivity index (χ1v) is 15.3. The first-order valence-electron chi connectivity index (χ1n) is 11.0. The van der Waals surface area contributed by atoms with Gasteiger partial charge in [0.15, 0.2) is 0 Å². The molecule has 1 aromatic rings. The molecule has 0 saturated carbocycles. The first kappa shape index (κ1) is 46.1. The SMILES string of the molecule is Cc1ccc(S(=O)(=O)OI(O)C(F)(F)C(F)(F)C(F)(F)C(F)(F)C(F)(F)C(F)(F)C(F)(F)C(F)(F)C(F)(F)C(F)(F)C(F)(F)C(F)(F)F)cc1. The third-order valence-corrected chi connectivity index (χ3v) is 11.3. The number of alkyl halides is 26. The van der Waals surface area contributed by atoms with Crippen LogP contribution in [0.4, 0.5) is 110 Å². The summed E-state index contributed by atoms with van der Waals surface area (Å²) in [6, 6.07) is 2.20. The molecule has 1 rings (SSSR count). The van der Waals surface area contributed by atoms with Crippen LogP contribution in [0.15, 0.2) is 29.2 Å². The summed E-state index contributed by atoms with van der Waals surface area (Å²) >= 11 is -7.50. The van der Waals surface area contributed by atoms with Crippen LogP contribution in [0.5, 0.6) is 0 Å². The molecule has 0 aliphatic heterocycles. The van der Waals surface area contributed by atoms with E-state index in [-0.39, 0.29) is 5.56 Å². The summed E-state index contributed by atoms with van der Waals surface area (Å²) in [5, 5.41) is 0. The molecular formula is C19H8F25IO4S. The van der Waals surface area contributed by atoms with E-state index in [2.05, 4.69) is 2.51 Å². The zero-order valence-corrected chi connectivity index (χ0v) is 25.2. The minimum absolute atomic E-state index is 0.125. The standard InChI is InChI=1S/C19H8F25IO4S/c1-6-2-4-7(5-3-6)50(47,48)49-45(46)19(43,44)17(38,39)15(34,35)13(30,31)11(26,27)9(22,23)8(20,21)10(24,25)12(28,29)14(32,33)16(36,37)18(40,41)42/h2-5,46H,1H3. The number of aryl methyl sites for hydroxylation is 1. The Morgan fingerprint density at radius 1 is 0.460 bits per heavy atom. The third-order valence-electron chi connectivity index (χ3n) is 5.92. The van der Waals surface area contributed by atoms with Crippen LogP contribution in [-0.4, -0.2) is 81.2 Å². The van der Waals surface area contributed by atoms with Gasteiger partial charge in [-0.1, -0.05) is 0 Å². The van der Waals surface area contributed by atoms with E-state index < -0.39 is 105 Å². The molecule has 0 saturated heterocycles. The average molecular weight is 934 g/mol. The Labute approximate surface area is 266 Å². The molecule has 0 amide bonds. The Balaban J connectivity index is 3.83. The fourth-order valence-corrected chi connectivity index (χ4v) is 7.24. The topological polar surface area (TPSA) is 63.6 Å². The van der Waals surface area contributed by atoms with Crippen molar-refractivity contribution in [1.29, 1.82) is 0 Å². The second-order valence-electron chi connectivity index (χ2n) is 9.30. The number of halogens is 26. The molecule has 31 heteroatoms. The van der Waals surface area contributed by atoms with E-state index in [1.165, 1.54) is 6.92 Å². The van der Waals surface area contributed by atoms with Gasteiger partial charge in [0.2, 0.25) is 0 Å². The van der Waals surface area contributed by atoms with Crippen LogP contribution in [0.2, 0.25) is 0 Å². The molecule has 50 heavy (non-hydrogen) atoms. The number of rotatable bonds is 14. The quantitative estimate of drug-likeness (QED) is 0.115. The molecule has 0 aromatic heterocycles. The average Bonchev–Trinajstić information content (AvgIpc) is 2.91.